The SMILES string of the molecule is CC1(C)COCCN1C(=O)CCc1cc(Cl)cs1. The summed E-state index contributed by atoms with van der Waals surface area (Å²) in [6.07, 6.45) is 1.31. The smallest absolute Gasteiger partial charge is 0.223 e. The van der Waals surface area contributed by atoms with Gasteiger partial charge in [-0.3, -0.25) is 4.79 Å². The summed E-state index contributed by atoms with van der Waals surface area (Å²) in [4.78, 5) is 15.3. The highest BCUT2D eigenvalue weighted by molar-refractivity contribution is 7.10. The Morgan fingerprint density at radius 3 is 3.00 bits per heavy atom. The molecule has 0 atom stereocenters. The summed E-state index contributed by atoms with van der Waals surface area (Å²) in [6.45, 7) is 6.04. The van der Waals surface area contributed by atoms with E-state index in [0.29, 0.717) is 26.2 Å². The van der Waals surface area contributed by atoms with Crippen LogP contribution >= 0.6 is 22.9 Å². The zero-order chi connectivity index (χ0) is 13.2. The summed E-state index contributed by atoms with van der Waals surface area (Å²) in [5.41, 5.74) is -0.192. The fourth-order valence-corrected chi connectivity index (χ4v) is 3.25. The first-order valence-electron chi connectivity index (χ1n) is 6.10. The first kappa shape index (κ1) is 13.8. The van der Waals surface area contributed by atoms with Gasteiger partial charge < -0.3 is 9.64 Å². The Balaban J connectivity index is 1.91. The standard InChI is InChI=1S/C13H18ClNO2S/c1-13(2)9-17-6-5-15(13)12(16)4-3-11-7-10(14)8-18-11/h7-8H,3-6,9H2,1-2H3. The lowest BCUT2D eigenvalue weighted by Gasteiger charge is -2.42. The third-order valence-corrected chi connectivity index (χ3v) is 4.50. The van der Waals surface area contributed by atoms with Gasteiger partial charge in [0.05, 0.1) is 23.8 Å². The Hall–Kier alpha value is -0.580. The molecule has 0 aromatic carbocycles. The van der Waals surface area contributed by atoms with Crippen molar-refractivity contribution in [2.75, 3.05) is 19.8 Å². The van der Waals surface area contributed by atoms with Crippen LogP contribution < -0.4 is 0 Å². The van der Waals surface area contributed by atoms with Crippen LogP contribution in [0.1, 0.15) is 25.1 Å². The molecule has 1 aliphatic heterocycles. The first-order valence-corrected chi connectivity index (χ1v) is 7.36. The monoisotopic (exact) mass is 287 g/mol. The minimum absolute atomic E-state index is 0.192. The number of rotatable bonds is 3. The third-order valence-electron chi connectivity index (χ3n) is 3.15. The summed E-state index contributed by atoms with van der Waals surface area (Å²) in [6, 6.07) is 1.93. The van der Waals surface area contributed by atoms with Gasteiger partial charge in [-0.2, -0.15) is 0 Å². The molecule has 1 amide bonds. The number of hydrogen-bond acceptors (Lipinski definition) is 3. The lowest BCUT2D eigenvalue weighted by Crippen LogP contribution is -2.55. The average Bonchev–Trinajstić information content (AvgIpc) is 2.71. The lowest BCUT2D eigenvalue weighted by atomic mass is 10.0. The molecule has 1 fully saturated rings. The van der Waals surface area contributed by atoms with Crippen molar-refractivity contribution in [3.8, 4) is 0 Å². The molecule has 3 nitrogen and oxygen atoms in total. The van der Waals surface area contributed by atoms with E-state index >= 15 is 0 Å². The van der Waals surface area contributed by atoms with E-state index in [1.165, 1.54) is 4.88 Å². The number of halogens is 1. The summed E-state index contributed by atoms with van der Waals surface area (Å²) < 4.78 is 5.42. The van der Waals surface area contributed by atoms with E-state index in [-0.39, 0.29) is 11.4 Å². The molecule has 0 N–H and O–H groups in total. The van der Waals surface area contributed by atoms with Gasteiger partial charge >= 0.3 is 0 Å². The van der Waals surface area contributed by atoms with Gasteiger partial charge in [-0.15, -0.1) is 11.3 Å². The van der Waals surface area contributed by atoms with E-state index in [1.807, 2.05) is 30.2 Å². The minimum Gasteiger partial charge on any atom is -0.377 e. The molecule has 0 unspecified atom stereocenters. The molecule has 0 aliphatic carbocycles. The highest BCUT2D eigenvalue weighted by Crippen LogP contribution is 2.23. The largest absolute Gasteiger partial charge is 0.377 e. The van der Waals surface area contributed by atoms with Crippen molar-refractivity contribution in [3.05, 3.63) is 21.3 Å². The maximum Gasteiger partial charge on any atom is 0.223 e. The van der Waals surface area contributed by atoms with Crippen molar-refractivity contribution in [3.63, 3.8) is 0 Å². The Morgan fingerprint density at radius 1 is 1.61 bits per heavy atom. The van der Waals surface area contributed by atoms with E-state index in [2.05, 4.69) is 0 Å². The highest BCUT2D eigenvalue weighted by Gasteiger charge is 2.33. The molecule has 0 bridgehead atoms. The summed E-state index contributed by atoms with van der Waals surface area (Å²) in [5.74, 6) is 0.202. The van der Waals surface area contributed by atoms with E-state index in [1.54, 1.807) is 11.3 Å². The van der Waals surface area contributed by atoms with E-state index in [9.17, 15) is 4.79 Å². The first-order chi connectivity index (χ1) is 8.49. The molecule has 0 saturated carbocycles. The van der Waals surface area contributed by atoms with Crippen LogP contribution in [-0.2, 0) is 16.0 Å². The molecule has 1 aliphatic rings. The summed E-state index contributed by atoms with van der Waals surface area (Å²) in [5, 5.41) is 2.66. The van der Waals surface area contributed by atoms with Gasteiger partial charge in [0.2, 0.25) is 5.91 Å². The highest BCUT2D eigenvalue weighted by atomic mass is 35.5. The van der Waals surface area contributed by atoms with Crippen molar-refractivity contribution < 1.29 is 9.53 Å². The number of carbonyl (C=O) groups is 1. The van der Waals surface area contributed by atoms with Crippen molar-refractivity contribution in [1.29, 1.82) is 0 Å². The number of hydrogen-bond donors (Lipinski definition) is 0. The number of amides is 1. The molecule has 2 rings (SSSR count). The van der Waals surface area contributed by atoms with Crippen LogP contribution in [0.15, 0.2) is 11.4 Å². The van der Waals surface area contributed by atoms with Crippen molar-refractivity contribution in [2.24, 2.45) is 0 Å². The predicted molar refractivity (Wildman–Crippen MR) is 74.3 cm³/mol. The Labute approximate surface area is 117 Å². The second-order valence-corrected chi connectivity index (χ2v) is 6.57. The molecule has 5 heteroatoms. The molecular weight excluding hydrogens is 270 g/mol. The molecule has 0 spiro atoms. The fourth-order valence-electron chi connectivity index (χ4n) is 2.17. The molecule has 100 valence electrons. The number of ether oxygens (including phenoxy) is 1. The second-order valence-electron chi connectivity index (χ2n) is 5.14. The fraction of sp³-hybridized carbons (Fsp3) is 0.615. The third kappa shape index (κ3) is 3.25. The van der Waals surface area contributed by atoms with Gasteiger partial charge in [-0.1, -0.05) is 11.6 Å². The molecule has 1 aromatic rings. The quantitative estimate of drug-likeness (QED) is 0.855. The van der Waals surface area contributed by atoms with E-state index < -0.39 is 0 Å². The van der Waals surface area contributed by atoms with Crippen LogP contribution in [0.25, 0.3) is 0 Å². The summed E-state index contributed by atoms with van der Waals surface area (Å²) in [7, 11) is 0. The van der Waals surface area contributed by atoms with Gasteiger partial charge in [0.1, 0.15) is 0 Å². The molecule has 0 radical (unpaired) electrons. The number of nitrogens with zero attached hydrogens (tertiary/aromatic N) is 1. The normalized spacial score (nSPS) is 18.9. The number of thiophene rings is 1. The van der Waals surface area contributed by atoms with Gasteiger partial charge in [0.15, 0.2) is 0 Å². The van der Waals surface area contributed by atoms with Crippen LogP contribution in [0.3, 0.4) is 0 Å². The van der Waals surface area contributed by atoms with Crippen molar-refractivity contribution >= 4 is 28.8 Å². The van der Waals surface area contributed by atoms with Crippen LogP contribution in [-0.4, -0.2) is 36.1 Å². The lowest BCUT2D eigenvalue weighted by molar-refractivity contribution is -0.146. The van der Waals surface area contributed by atoms with Gasteiger partial charge in [-0.25, -0.2) is 0 Å². The van der Waals surface area contributed by atoms with Gasteiger partial charge in [0, 0.05) is 23.2 Å². The van der Waals surface area contributed by atoms with Crippen molar-refractivity contribution in [1.82, 2.24) is 4.90 Å². The second kappa shape index (κ2) is 5.59. The molecule has 1 aromatic heterocycles. The van der Waals surface area contributed by atoms with Gasteiger partial charge in [-0.05, 0) is 26.3 Å². The molecule has 2 heterocycles. The zero-order valence-electron chi connectivity index (χ0n) is 10.7. The minimum atomic E-state index is -0.192. The summed E-state index contributed by atoms with van der Waals surface area (Å²) >= 11 is 7.48. The van der Waals surface area contributed by atoms with Crippen LogP contribution in [0.5, 0.6) is 0 Å². The zero-order valence-corrected chi connectivity index (χ0v) is 12.3. The molecule has 1 saturated heterocycles. The number of morpholine rings is 1. The van der Waals surface area contributed by atoms with Crippen LogP contribution in [0, 0.1) is 0 Å². The van der Waals surface area contributed by atoms with Crippen LogP contribution in [0.2, 0.25) is 5.02 Å². The predicted octanol–water partition coefficient (Wildman–Crippen LogP) is 2.97. The number of carbonyl (C=O) groups excluding carboxylic acids is 1. The Morgan fingerprint density at radius 2 is 2.39 bits per heavy atom. The van der Waals surface area contributed by atoms with E-state index in [0.717, 1.165) is 11.4 Å². The molecule has 18 heavy (non-hydrogen) atoms. The Kier molecular flexibility index (Phi) is 4.30. The molecular formula is C13H18ClNO2S. The van der Waals surface area contributed by atoms with Crippen molar-refractivity contribution in [2.45, 2.75) is 32.2 Å². The Bertz CT molecular complexity index is 430. The average molecular weight is 288 g/mol. The maximum absolute atomic E-state index is 12.2. The topological polar surface area (TPSA) is 29.5 Å². The number of aryl methyl sites for hydroxylation is 1. The van der Waals surface area contributed by atoms with E-state index in [4.69, 9.17) is 16.3 Å². The van der Waals surface area contributed by atoms with Crippen LogP contribution in [0.4, 0.5) is 0 Å². The maximum atomic E-state index is 12.2. The van der Waals surface area contributed by atoms with Gasteiger partial charge in [0.25, 0.3) is 0 Å².